The zero-order valence-electron chi connectivity index (χ0n) is 8.86. The van der Waals surface area contributed by atoms with Crippen LogP contribution in [-0.4, -0.2) is 39.9 Å². The molecule has 1 aliphatic carbocycles. The summed E-state index contributed by atoms with van der Waals surface area (Å²) in [6, 6.07) is 0. The van der Waals surface area contributed by atoms with E-state index in [0.717, 1.165) is 0 Å². The largest absolute Gasteiger partial charge is 0.390 e. The molecule has 0 spiro atoms. The Morgan fingerprint density at radius 2 is 1.79 bits per heavy atom. The van der Waals surface area contributed by atoms with Gasteiger partial charge in [-0.15, -0.1) is 0 Å². The molecule has 1 saturated carbocycles. The highest BCUT2D eigenvalue weighted by molar-refractivity contribution is 4.98. The number of aliphatic hydroxyl groups excluding tert-OH is 1. The molecule has 4 atom stereocenters. The summed E-state index contributed by atoms with van der Waals surface area (Å²) in [4.78, 5) is 0. The topological polar surface area (TPSA) is 58.9 Å². The van der Waals surface area contributed by atoms with Crippen LogP contribution in [0.5, 0.6) is 0 Å². The molecule has 4 heteroatoms. The fourth-order valence-corrected chi connectivity index (χ4v) is 2.43. The smallest absolute Gasteiger partial charge is 0.163 e. The maximum atomic E-state index is 9.87. The lowest BCUT2D eigenvalue weighted by Gasteiger charge is -2.37. The molecule has 0 aromatic carbocycles. The van der Waals surface area contributed by atoms with Gasteiger partial charge in [-0.1, -0.05) is 0 Å². The van der Waals surface area contributed by atoms with Gasteiger partial charge in [-0.3, -0.25) is 0 Å². The first kappa shape index (κ1) is 10.4. The van der Waals surface area contributed by atoms with Crippen molar-refractivity contribution in [3.63, 3.8) is 0 Å². The molecule has 2 rings (SSSR count). The molecular weight excluding hydrogens is 184 g/mol. The van der Waals surface area contributed by atoms with Crippen LogP contribution in [0.25, 0.3) is 0 Å². The first-order valence-corrected chi connectivity index (χ1v) is 5.05. The van der Waals surface area contributed by atoms with Crippen LogP contribution >= 0.6 is 0 Å². The van der Waals surface area contributed by atoms with Crippen LogP contribution in [-0.2, 0) is 9.47 Å². The maximum Gasteiger partial charge on any atom is 0.163 e. The molecule has 0 aromatic heterocycles. The monoisotopic (exact) mass is 202 g/mol. The van der Waals surface area contributed by atoms with Crippen LogP contribution in [0.4, 0.5) is 0 Å². The van der Waals surface area contributed by atoms with Crippen molar-refractivity contribution in [3.05, 3.63) is 0 Å². The quantitative estimate of drug-likeness (QED) is 0.597. The second kappa shape index (κ2) is 2.92. The van der Waals surface area contributed by atoms with Gasteiger partial charge in [-0.2, -0.15) is 0 Å². The summed E-state index contributed by atoms with van der Waals surface area (Å²) in [6.45, 7) is 5.38. The summed E-state index contributed by atoms with van der Waals surface area (Å²) in [5.41, 5.74) is -0.843. The van der Waals surface area contributed by atoms with E-state index in [-0.39, 0.29) is 12.2 Å². The predicted molar refractivity (Wildman–Crippen MR) is 49.7 cm³/mol. The number of hydrogen-bond acceptors (Lipinski definition) is 4. The van der Waals surface area contributed by atoms with E-state index in [9.17, 15) is 10.2 Å². The van der Waals surface area contributed by atoms with E-state index in [1.54, 1.807) is 6.92 Å². The van der Waals surface area contributed by atoms with Gasteiger partial charge < -0.3 is 19.7 Å². The van der Waals surface area contributed by atoms with Crippen LogP contribution in [0, 0.1) is 0 Å². The van der Waals surface area contributed by atoms with Gasteiger partial charge in [0, 0.05) is 12.8 Å². The van der Waals surface area contributed by atoms with Gasteiger partial charge in [-0.05, 0) is 20.8 Å². The van der Waals surface area contributed by atoms with Crippen LogP contribution in [0.15, 0.2) is 0 Å². The van der Waals surface area contributed by atoms with E-state index in [1.807, 2.05) is 13.8 Å². The SMILES string of the molecule is CC1(O)CC(O)C2OC(C)(C)OC2C1. The Balaban J connectivity index is 2.15. The summed E-state index contributed by atoms with van der Waals surface area (Å²) >= 11 is 0. The molecule has 4 unspecified atom stereocenters. The van der Waals surface area contributed by atoms with Gasteiger partial charge in [0.05, 0.1) is 17.8 Å². The van der Waals surface area contributed by atoms with E-state index in [1.165, 1.54) is 0 Å². The minimum absolute atomic E-state index is 0.191. The van der Waals surface area contributed by atoms with Gasteiger partial charge in [-0.25, -0.2) is 0 Å². The van der Waals surface area contributed by atoms with Gasteiger partial charge in [0.1, 0.15) is 6.10 Å². The Labute approximate surface area is 83.8 Å². The van der Waals surface area contributed by atoms with Crippen molar-refractivity contribution in [2.75, 3.05) is 0 Å². The average Bonchev–Trinajstić information content (AvgIpc) is 2.21. The van der Waals surface area contributed by atoms with Crippen molar-refractivity contribution in [2.45, 2.75) is 63.3 Å². The average molecular weight is 202 g/mol. The highest BCUT2D eigenvalue weighted by atomic mass is 16.8. The van der Waals surface area contributed by atoms with Gasteiger partial charge in [0.15, 0.2) is 5.79 Å². The lowest BCUT2D eigenvalue weighted by Crippen LogP contribution is -2.49. The van der Waals surface area contributed by atoms with Gasteiger partial charge in [0.2, 0.25) is 0 Å². The lowest BCUT2D eigenvalue weighted by molar-refractivity contribution is -0.153. The third-order valence-corrected chi connectivity index (χ3v) is 2.89. The fourth-order valence-electron chi connectivity index (χ4n) is 2.43. The number of hydrogen-bond donors (Lipinski definition) is 2. The molecule has 2 aliphatic rings. The van der Waals surface area contributed by atoms with Crippen molar-refractivity contribution in [3.8, 4) is 0 Å². The minimum atomic E-state index is -0.843. The minimum Gasteiger partial charge on any atom is -0.390 e. The van der Waals surface area contributed by atoms with E-state index >= 15 is 0 Å². The summed E-state index contributed by atoms with van der Waals surface area (Å²) in [6.07, 6.45) is -0.231. The molecule has 0 aromatic rings. The summed E-state index contributed by atoms with van der Waals surface area (Å²) in [5.74, 6) is -0.642. The molecule has 0 amide bonds. The van der Waals surface area contributed by atoms with Crippen molar-refractivity contribution in [1.82, 2.24) is 0 Å². The summed E-state index contributed by atoms with van der Waals surface area (Å²) in [5, 5.41) is 19.6. The Morgan fingerprint density at radius 3 is 2.43 bits per heavy atom. The van der Waals surface area contributed by atoms with E-state index < -0.39 is 17.5 Å². The van der Waals surface area contributed by atoms with E-state index in [2.05, 4.69) is 0 Å². The Morgan fingerprint density at radius 1 is 1.14 bits per heavy atom. The number of ether oxygens (including phenoxy) is 2. The molecule has 82 valence electrons. The predicted octanol–water partition coefficient (Wildman–Crippen LogP) is 0.412. The number of fused-ring (bicyclic) bond motifs is 1. The molecular formula is C10H18O4. The third-order valence-electron chi connectivity index (χ3n) is 2.89. The van der Waals surface area contributed by atoms with Crippen LogP contribution in [0.3, 0.4) is 0 Å². The van der Waals surface area contributed by atoms with Crippen molar-refractivity contribution in [2.24, 2.45) is 0 Å². The van der Waals surface area contributed by atoms with Gasteiger partial charge >= 0.3 is 0 Å². The Bertz CT molecular complexity index is 236. The number of rotatable bonds is 0. The molecule has 1 aliphatic heterocycles. The molecule has 0 radical (unpaired) electrons. The Kier molecular flexibility index (Phi) is 2.16. The molecule has 1 saturated heterocycles. The Hall–Kier alpha value is -0.160. The zero-order chi connectivity index (χ0) is 10.6. The number of aliphatic hydroxyl groups is 2. The van der Waals surface area contributed by atoms with Crippen LogP contribution < -0.4 is 0 Å². The normalized spacial score (nSPS) is 51.6. The van der Waals surface area contributed by atoms with Crippen molar-refractivity contribution in [1.29, 1.82) is 0 Å². The van der Waals surface area contributed by atoms with Crippen LogP contribution in [0.2, 0.25) is 0 Å². The molecule has 2 N–H and O–H groups in total. The van der Waals surface area contributed by atoms with Crippen LogP contribution in [0.1, 0.15) is 33.6 Å². The molecule has 2 fully saturated rings. The third kappa shape index (κ3) is 1.80. The maximum absolute atomic E-state index is 9.87. The molecule has 4 nitrogen and oxygen atoms in total. The van der Waals surface area contributed by atoms with E-state index in [0.29, 0.717) is 12.8 Å². The molecule has 14 heavy (non-hydrogen) atoms. The lowest BCUT2D eigenvalue weighted by atomic mass is 9.81. The standard InChI is InChI=1S/C10H18O4/c1-9(2)13-7-5-10(3,12)4-6(11)8(7)14-9/h6-8,11-12H,4-5H2,1-3H3. The van der Waals surface area contributed by atoms with E-state index in [4.69, 9.17) is 9.47 Å². The highest BCUT2D eigenvalue weighted by Crippen LogP contribution is 2.40. The second-order valence-corrected chi connectivity index (χ2v) is 5.11. The first-order valence-electron chi connectivity index (χ1n) is 5.05. The fraction of sp³-hybridized carbons (Fsp3) is 1.00. The van der Waals surface area contributed by atoms with Crippen molar-refractivity contribution < 1.29 is 19.7 Å². The second-order valence-electron chi connectivity index (χ2n) is 5.11. The molecule has 0 bridgehead atoms. The highest BCUT2D eigenvalue weighted by Gasteiger charge is 2.51. The summed E-state index contributed by atoms with van der Waals surface area (Å²) in [7, 11) is 0. The zero-order valence-corrected chi connectivity index (χ0v) is 8.86. The van der Waals surface area contributed by atoms with Gasteiger partial charge in [0.25, 0.3) is 0 Å². The first-order chi connectivity index (χ1) is 6.29. The van der Waals surface area contributed by atoms with Crippen molar-refractivity contribution >= 4 is 0 Å². The summed E-state index contributed by atoms with van der Waals surface area (Å²) < 4.78 is 11.2. The molecule has 1 heterocycles.